The van der Waals surface area contributed by atoms with Gasteiger partial charge in [-0.15, -0.1) is 5.10 Å². The summed E-state index contributed by atoms with van der Waals surface area (Å²) in [7, 11) is 1.62. The predicted octanol–water partition coefficient (Wildman–Crippen LogP) is 0.966. The van der Waals surface area contributed by atoms with Crippen LogP contribution in [0.5, 0.6) is 0 Å². The van der Waals surface area contributed by atoms with Crippen LogP contribution in [0.2, 0.25) is 0 Å². The number of hydrogen-bond acceptors (Lipinski definition) is 5. The fourth-order valence-corrected chi connectivity index (χ4v) is 3.16. The van der Waals surface area contributed by atoms with Crippen molar-refractivity contribution in [3.05, 3.63) is 59.8 Å². The van der Waals surface area contributed by atoms with Crippen molar-refractivity contribution in [3.8, 4) is 0 Å². The van der Waals surface area contributed by atoms with E-state index in [0.717, 1.165) is 12.1 Å². The average molecular weight is 401 g/mol. The van der Waals surface area contributed by atoms with Gasteiger partial charge in [0.2, 0.25) is 5.82 Å². The molecule has 0 spiro atoms. The minimum atomic E-state index is -0.754. The smallest absolute Gasteiger partial charge is 0.291 e. The summed E-state index contributed by atoms with van der Waals surface area (Å²) in [5, 5.41) is 10.8. The van der Waals surface area contributed by atoms with E-state index in [0.29, 0.717) is 18.8 Å². The van der Waals surface area contributed by atoms with Gasteiger partial charge in [0.25, 0.3) is 11.8 Å². The number of benzene rings is 1. The Morgan fingerprint density at radius 2 is 2.14 bits per heavy atom. The van der Waals surface area contributed by atoms with E-state index < -0.39 is 23.6 Å². The summed E-state index contributed by atoms with van der Waals surface area (Å²) >= 11 is 0. The third-order valence-electron chi connectivity index (χ3n) is 4.69. The highest BCUT2D eigenvalue weighted by Gasteiger charge is 2.30. The van der Waals surface area contributed by atoms with E-state index in [4.69, 9.17) is 0 Å². The zero-order chi connectivity index (χ0) is 20.5. The van der Waals surface area contributed by atoms with E-state index in [1.807, 2.05) is 0 Å². The van der Waals surface area contributed by atoms with Gasteiger partial charge in [-0.2, -0.15) is 5.10 Å². The highest BCUT2D eigenvalue weighted by molar-refractivity contribution is 6.00. The SMILES string of the molecule is CN1C(=O)[C@@H](NC(=O)c2ncn(Cc3ccc(F)cc3F)n2)CCn2nccc21. The molecule has 1 aromatic carbocycles. The van der Waals surface area contributed by atoms with Crippen molar-refractivity contribution >= 4 is 17.6 Å². The Balaban J connectivity index is 1.44. The molecule has 0 aliphatic carbocycles. The number of likely N-dealkylation sites (N-methyl/N-ethyl adjacent to an activating group) is 1. The van der Waals surface area contributed by atoms with Crippen LogP contribution in [-0.2, 0) is 17.9 Å². The molecule has 0 bridgehead atoms. The topological polar surface area (TPSA) is 97.9 Å². The van der Waals surface area contributed by atoms with Gasteiger partial charge in [0.05, 0.1) is 12.7 Å². The molecule has 11 heteroatoms. The average Bonchev–Trinajstić information content (AvgIpc) is 3.33. The molecule has 150 valence electrons. The number of amides is 2. The third-order valence-corrected chi connectivity index (χ3v) is 4.69. The van der Waals surface area contributed by atoms with Gasteiger partial charge in [0.15, 0.2) is 0 Å². The number of halogens is 2. The number of aryl methyl sites for hydroxylation is 1. The van der Waals surface area contributed by atoms with Crippen LogP contribution in [0.1, 0.15) is 22.6 Å². The molecule has 0 saturated carbocycles. The molecule has 2 aromatic heterocycles. The van der Waals surface area contributed by atoms with E-state index in [1.165, 1.54) is 22.0 Å². The van der Waals surface area contributed by atoms with Gasteiger partial charge in [0, 0.05) is 31.3 Å². The van der Waals surface area contributed by atoms with Crippen LogP contribution in [0.3, 0.4) is 0 Å². The number of carbonyl (C=O) groups is 2. The zero-order valence-corrected chi connectivity index (χ0v) is 15.4. The number of aromatic nitrogens is 5. The minimum Gasteiger partial charge on any atom is -0.337 e. The second-order valence-electron chi connectivity index (χ2n) is 6.63. The van der Waals surface area contributed by atoms with Crippen molar-refractivity contribution in [1.82, 2.24) is 29.9 Å². The summed E-state index contributed by atoms with van der Waals surface area (Å²) in [5.74, 6) is -1.78. The van der Waals surface area contributed by atoms with Gasteiger partial charge in [0.1, 0.15) is 29.8 Å². The fourth-order valence-electron chi connectivity index (χ4n) is 3.16. The molecule has 0 unspecified atom stereocenters. The Bertz CT molecular complexity index is 1080. The highest BCUT2D eigenvalue weighted by atomic mass is 19.1. The Kier molecular flexibility index (Phi) is 4.79. The maximum absolute atomic E-state index is 13.8. The summed E-state index contributed by atoms with van der Waals surface area (Å²) in [4.78, 5) is 30.5. The number of carbonyl (C=O) groups excluding carboxylic acids is 2. The van der Waals surface area contributed by atoms with Gasteiger partial charge in [-0.1, -0.05) is 6.07 Å². The third kappa shape index (κ3) is 3.71. The molecule has 2 amide bonds. The lowest BCUT2D eigenvalue weighted by molar-refractivity contribution is -0.120. The predicted molar refractivity (Wildman–Crippen MR) is 97.0 cm³/mol. The summed E-state index contributed by atoms with van der Waals surface area (Å²) in [6, 6.07) is 4.19. The van der Waals surface area contributed by atoms with Gasteiger partial charge < -0.3 is 5.32 Å². The molecule has 0 fully saturated rings. The Hall–Kier alpha value is -3.63. The first-order chi connectivity index (χ1) is 13.9. The largest absolute Gasteiger partial charge is 0.337 e. The lowest BCUT2D eigenvalue weighted by Gasteiger charge is -2.19. The molecule has 3 heterocycles. The first kappa shape index (κ1) is 18.7. The number of hydrogen-bond donors (Lipinski definition) is 1. The minimum absolute atomic E-state index is 0.0153. The Morgan fingerprint density at radius 3 is 2.93 bits per heavy atom. The maximum atomic E-state index is 13.8. The van der Waals surface area contributed by atoms with Gasteiger partial charge in [-0.25, -0.2) is 23.1 Å². The molecular weight excluding hydrogens is 384 g/mol. The number of nitrogens with one attached hydrogen (secondary N) is 1. The Labute approximate surface area is 163 Å². The van der Waals surface area contributed by atoms with Crippen LogP contribution in [-0.4, -0.2) is 49.4 Å². The van der Waals surface area contributed by atoms with E-state index in [2.05, 4.69) is 20.5 Å². The van der Waals surface area contributed by atoms with E-state index in [9.17, 15) is 18.4 Å². The second-order valence-corrected chi connectivity index (χ2v) is 6.63. The summed E-state index contributed by atoms with van der Waals surface area (Å²) in [6.07, 6.45) is 3.25. The van der Waals surface area contributed by atoms with Crippen LogP contribution in [0.4, 0.5) is 14.6 Å². The Morgan fingerprint density at radius 1 is 1.31 bits per heavy atom. The van der Waals surface area contributed by atoms with Crippen LogP contribution in [0.15, 0.2) is 36.8 Å². The van der Waals surface area contributed by atoms with Crippen molar-refractivity contribution < 1.29 is 18.4 Å². The monoisotopic (exact) mass is 401 g/mol. The van der Waals surface area contributed by atoms with E-state index in [-0.39, 0.29) is 23.8 Å². The second kappa shape index (κ2) is 7.41. The highest BCUT2D eigenvalue weighted by Crippen LogP contribution is 2.19. The fraction of sp³-hybridized carbons (Fsp3) is 0.278. The lowest BCUT2D eigenvalue weighted by Crippen LogP contribution is -2.47. The number of nitrogens with zero attached hydrogens (tertiary/aromatic N) is 6. The normalized spacial score (nSPS) is 16.4. The van der Waals surface area contributed by atoms with Crippen molar-refractivity contribution in [2.24, 2.45) is 0 Å². The number of rotatable bonds is 4. The maximum Gasteiger partial charge on any atom is 0.291 e. The quantitative estimate of drug-likeness (QED) is 0.703. The molecule has 9 nitrogen and oxygen atoms in total. The van der Waals surface area contributed by atoms with Crippen LogP contribution < -0.4 is 10.2 Å². The lowest BCUT2D eigenvalue weighted by atomic mass is 10.2. The number of fused-ring (bicyclic) bond motifs is 1. The van der Waals surface area contributed by atoms with Crippen LogP contribution >= 0.6 is 0 Å². The van der Waals surface area contributed by atoms with Gasteiger partial charge in [-0.05, 0) is 12.5 Å². The van der Waals surface area contributed by atoms with Gasteiger partial charge >= 0.3 is 0 Å². The summed E-state index contributed by atoms with van der Waals surface area (Å²) in [6.45, 7) is 0.452. The van der Waals surface area contributed by atoms with E-state index in [1.54, 1.807) is 24.0 Å². The first-order valence-electron chi connectivity index (χ1n) is 8.86. The van der Waals surface area contributed by atoms with E-state index >= 15 is 0 Å². The number of anilines is 1. The zero-order valence-electron chi connectivity index (χ0n) is 15.4. The molecule has 1 aliphatic rings. The molecule has 29 heavy (non-hydrogen) atoms. The molecule has 1 atom stereocenters. The standard InChI is InChI=1S/C18H17F2N7O2/c1-25-15-4-6-22-27(15)7-5-14(18(25)29)23-17(28)16-21-10-26(24-16)9-11-2-3-12(19)8-13(11)20/h2-4,6,8,10,14H,5,7,9H2,1H3,(H,23,28)/t14-/m0/s1. The van der Waals surface area contributed by atoms with Crippen LogP contribution in [0.25, 0.3) is 0 Å². The molecule has 3 aromatic rings. The van der Waals surface area contributed by atoms with Gasteiger partial charge in [-0.3, -0.25) is 14.5 Å². The van der Waals surface area contributed by atoms with Crippen molar-refractivity contribution in [1.29, 1.82) is 0 Å². The molecule has 1 N–H and O–H groups in total. The molecule has 0 saturated heterocycles. The summed E-state index contributed by atoms with van der Waals surface area (Å²) in [5.41, 5.74) is 0.207. The molecule has 4 rings (SSSR count). The molecule has 1 aliphatic heterocycles. The van der Waals surface area contributed by atoms with Crippen molar-refractivity contribution in [2.75, 3.05) is 11.9 Å². The van der Waals surface area contributed by atoms with Crippen molar-refractivity contribution in [2.45, 2.75) is 25.6 Å². The van der Waals surface area contributed by atoms with Crippen LogP contribution in [0, 0.1) is 11.6 Å². The molecule has 0 radical (unpaired) electrons. The first-order valence-corrected chi connectivity index (χ1v) is 8.86. The van der Waals surface area contributed by atoms with Crippen molar-refractivity contribution in [3.63, 3.8) is 0 Å². The summed E-state index contributed by atoms with van der Waals surface area (Å²) < 4.78 is 29.7. The molecular formula is C18H17F2N7O2.